The number of benzene rings is 1. The molecule has 92 valence electrons. The molecule has 1 unspecified atom stereocenters. The highest BCUT2D eigenvalue weighted by Crippen LogP contribution is 2.33. The van der Waals surface area contributed by atoms with Gasteiger partial charge in [0.05, 0.1) is 4.92 Å². The summed E-state index contributed by atoms with van der Waals surface area (Å²) in [5.74, 6) is 1.69. The molecule has 1 aromatic rings. The van der Waals surface area contributed by atoms with Crippen LogP contribution >= 0.6 is 8.30 Å². The Morgan fingerprint density at radius 3 is 2.88 bits per heavy atom. The van der Waals surface area contributed by atoms with Crippen LogP contribution in [0.25, 0.3) is 0 Å². The summed E-state index contributed by atoms with van der Waals surface area (Å²) in [7, 11) is -0.923. The van der Waals surface area contributed by atoms with Crippen molar-refractivity contribution in [3.05, 3.63) is 52.3 Å². The Balaban J connectivity index is 2.68. The van der Waals surface area contributed by atoms with Crippen LogP contribution in [0.3, 0.4) is 0 Å². The molecule has 0 spiro atoms. The van der Waals surface area contributed by atoms with Crippen molar-refractivity contribution in [1.82, 2.24) is 5.09 Å². The molecule has 0 bridgehead atoms. The summed E-state index contributed by atoms with van der Waals surface area (Å²) in [5, 5.41) is 13.9. The molecule has 6 heteroatoms. The van der Waals surface area contributed by atoms with E-state index >= 15 is 0 Å². The van der Waals surface area contributed by atoms with E-state index in [1.165, 1.54) is 6.07 Å². The lowest BCUT2D eigenvalue weighted by Crippen LogP contribution is -2.09. The summed E-state index contributed by atoms with van der Waals surface area (Å²) >= 11 is 0. The minimum atomic E-state index is -0.923. The minimum absolute atomic E-state index is 0.121. The maximum absolute atomic E-state index is 10.8. The van der Waals surface area contributed by atoms with Crippen molar-refractivity contribution in [3.63, 3.8) is 0 Å². The van der Waals surface area contributed by atoms with Crippen molar-refractivity contribution in [3.8, 4) is 0 Å². The van der Waals surface area contributed by atoms with Gasteiger partial charge in [0.1, 0.15) is 8.30 Å². The molecule has 0 heterocycles. The number of hydrogen-bond acceptors (Lipinski definition) is 4. The van der Waals surface area contributed by atoms with E-state index < -0.39 is 8.30 Å². The lowest BCUT2D eigenvalue weighted by Gasteiger charge is -2.13. The number of para-hydroxylation sites is 1. The second-order valence-electron chi connectivity index (χ2n) is 3.15. The molecule has 5 nitrogen and oxygen atoms in total. The molecule has 0 saturated heterocycles. The van der Waals surface area contributed by atoms with Crippen LogP contribution in [-0.2, 0) is 11.1 Å². The molecule has 1 aromatic carbocycles. The normalized spacial score (nSPS) is 12.1. The van der Waals surface area contributed by atoms with Crippen LogP contribution in [-0.4, -0.2) is 11.5 Å². The molecule has 0 fully saturated rings. The lowest BCUT2D eigenvalue weighted by atomic mass is 10.2. The predicted octanol–water partition coefficient (Wildman–Crippen LogP) is 3.18. The van der Waals surface area contributed by atoms with Crippen LogP contribution < -0.4 is 5.09 Å². The highest BCUT2D eigenvalue weighted by molar-refractivity contribution is 7.53. The molecule has 0 aliphatic rings. The monoisotopic (exact) mass is 254 g/mol. The zero-order valence-electron chi connectivity index (χ0n) is 9.63. The summed E-state index contributed by atoms with van der Waals surface area (Å²) in [6, 6.07) is 6.66. The van der Waals surface area contributed by atoms with Crippen molar-refractivity contribution in [1.29, 1.82) is 0 Å². The summed E-state index contributed by atoms with van der Waals surface area (Å²) < 4.78 is 5.38. The quantitative estimate of drug-likeness (QED) is 0.461. The van der Waals surface area contributed by atoms with Crippen LogP contribution in [0.15, 0.2) is 36.7 Å². The van der Waals surface area contributed by atoms with Gasteiger partial charge in [-0.25, -0.2) is 0 Å². The fraction of sp³-hybridized carbons (Fsp3) is 0.273. The van der Waals surface area contributed by atoms with Gasteiger partial charge in [-0.2, -0.15) is 0 Å². The van der Waals surface area contributed by atoms with E-state index in [2.05, 4.69) is 11.7 Å². The molecule has 0 amide bonds. The van der Waals surface area contributed by atoms with E-state index in [1.54, 1.807) is 24.0 Å². The standard InChI is InChI=1S/C11H15N2O3P/c1-3-16-17(4-2)12-9-10-7-5-6-8-11(10)13(14)15/h4-8,12H,2-3,9H2,1H3. The van der Waals surface area contributed by atoms with Gasteiger partial charge in [0.2, 0.25) is 0 Å². The highest BCUT2D eigenvalue weighted by atomic mass is 31.2. The van der Waals surface area contributed by atoms with Gasteiger partial charge < -0.3 is 4.52 Å². The van der Waals surface area contributed by atoms with E-state index in [-0.39, 0.29) is 10.6 Å². The zero-order valence-corrected chi connectivity index (χ0v) is 10.5. The Kier molecular flexibility index (Phi) is 5.77. The highest BCUT2D eigenvalue weighted by Gasteiger charge is 2.13. The largest absolute Gasteiger partial charge is 0.341 e. The first kappa shape index (κ1) is 13.8. The third kappa shape index (κ3) is 4.23. The van der Waals surface area contributed by atoms with Gasteiger partial charge in [-0.3, -0.25) is 15.2 Å². The third-order valence-electron chi connectivity index (χ3n) is 2.05. The average molecular weight is 254 g/mol. The molecule has 0 radical (unpaired) electrons. The van der Waals surface area contributed by atoms with Crippen molar-refractivity contribution < 1.29 is 9.45 Å². The minimum Gasteiger partial charge on any atom is -0.341 e. The molecular weight excluding hydrogens is 239 g/mol. The van der Waals surface area contributed by atoms with E-state index in [4.69, 9.17) is 4.52 Å². The first-order valence-corrected chi connectivity index (χ1v) is 6.52. The SMILES string of the molecule is C=CP(NCc1ccccc1[N+](=O)[O-])OCC. The molecule has 0 aromatic heterocycles. The van der Waals surface area contributed by atoms with Gasteiger partial charge in [-0.1, -0.05) is 24.8 Å². The Bertz CT molecular complexity index is 398. The van der Waals surface area contributed by atoms with Crippen LogP contribution in [0.1, 0.15) is 12.5 Å². The van der Waals surface area contributed by atoms with Gasteiger partial charge in [0.25, 0.3) is 5.69 Å². The molecule has 1 atom stereocenters. The number of nitro groups is 1. The van der Waals surface area contributed by atoms with Crippen molar-refractivity contribution in [2.45, 2.75) is 13.5 Å². The fourth-order valence-corrected chi connectivity index (χ4v) is 2.23. The van der Waals surface area contributed by atoms with E-state index in [1.807, 2.05) is 6.92 Å². The number of nitrogens with zero attached hydrogens (tertiary/aromatic N) is 1. The summed E-state index contributed by atoms with van der Waals surface area (Å²) in [6.45, 7) is 6.53. The van der Waals surface area contributed by atoms with Crippen LogP contribution in [0.4, 0.5) is 5.69 Å². The number of nitrogens with one attached hydrogen (secondary N) is 1. The van der Waals surface area contributed by atoms with Crippen LogP contribution in [0.2, 0.25) is 0 Å². The van der Waals surface area contributed by atoms with Gasteiger partial charge in [-0.15, -0.1) is 0 Å². The average Bonchev–Trinajstić information content (AvgIpc) is 2.34. The smallest absolute Gasteiger partial charge is 0.273 e. The molecular formula is C11H15N2O3P. The maximum Gasteiger partial charge on any atom is 0.273 e. The molecule has 17 heavy (non-hydrogen) atoms. The Morgan fingerprint density at radius 2 is 2.29 bits per heavy atom. The van der Waals surface area contributed by atoms with E-state index in [0.717, 1.165) is 0 Å². The van der Waals surface area contributed by atoms with Crippen molar-refractivity contribution in [2.24, 2.45) is 0 Å². The lowest BCUT2D eigenvalue weighted by molar-refractivity contribution is -0.385. The Morgan fingerprint density at radius 1 is 1.59 bits per heavy atom. The number of hydrogen-bond donors (Lipinski definition) is 1. The second-order valence-corrected chi connectivity index (χ2v) is 4.74. The van der Waals surface area contributed by atoms with Crippen LogP contribution in [0, 0.1) is 10.1 Å². The van der Waals surface area contributed by atoms with Gasteiger partial charge in [0.15, 0.2) is 0 Å². The number of nitro benzene ring substituents is 1. The molecule has 0 aliphatic heterocycles. The zero-order chi connectivity index (χ0) is 12.7. The van der Waals surface area contributed by atoms with Crippen molar-refractivity contribution >= 4 is 14.0 Å². The predicted molar refractivity (Wildman–Crippen MR) is 68.7 cm³/mol. The van der Waals surface area contributed by atoms with Crippen LogP contribution in [0.5, 0.6) is 0 Å². The van der Waals surface area contributed by atoms with E-state index in [0.29, 0.717) is 18.7 Å². The Hall–Kier alpha value is -1.29. The first-order chi connectivity index (χ1) is 8.19. The molecule has 1 rings (SSSR count). The number of rotatable bonds is 7. The summed E-state index contributed by atoms with van der Waals surface area (Å²) in [5.41, 5.74) is 0.766. The summed E-state index contributed by atoms with van der Waals surface area (Å²) in [4.78, 5) is 10.4. The Labute approximate surface area is 102 Å². The molecule has 1 N–H and O–H groups in total. The van der Waals surface area contributed by atoms with Crippen molar-refractivity contribution in [2.75, 3.05) is 6.61 Å². The molecule has 0 saturated carbocycles. The first-order valence-electron chi connectivity index (χ1n) is 5.19. The maximum atomic E-state index is 10.8. The third-order valence-corrected chi connectivity index (χ3v) is 3.39. The fourth-order valence-electron chi connectivity index (χ4n) is 1.30. The molecule has 0 aliphatic carbocycles. The van der Waals surface area contributed by atoms with Gasteiger partial charge in [0, 0.05) is 24.8 Å². The van der Waals surface area contributed by atoms with E-state index in [9.17, 15) is 10.1 Å². The summed E-state index contributed by atoms with van der Waals surface area (Å²) in [6.07, 6.45) is 0. The topological polar surface area (TPSA) is 64.4 Å². The van der Waals surface area contributed by atoms with Gasteiger partial charge in [-0.05, 0) is 12.7 Å². The van der Waals surface area contributed by atoms with Gasteiger partial charge >= 0.3 is 0 Å². The second kappa shape index (κ2) is 7.12.